The average Bonchev–Trinajstić information content (AvgIpc) is 2.36. The van der Waals surface area contributed by atoms with Crippen LogP contribution in [0.25, 0.3) is 0 Å². The fourth-order valence-electron chi connectivity index (χ4n) is 2.62. The van der Waals surface area contributed by atoms with Gasteiger partial charge in [0, 0.05) is 6.42 Å². The minimum absolute atomic E-state index is 0.0759. The largest absolute Gasteiger partial charge is 0.394 e. The van der Waals surface area contributed by atoms with Gasteiger partial charge in [-0.05, 0) is 20.8 Å². The van der Waals surface area contributed by atoms with Crippen molar-refractivity contribution in [2.75, 3.05) is 19.8 Å². The van der Waals surface area contributed by atoms with Crippen molar-refractivity contribution in [1.82, 2.24) is 0 Å². The van der Waals surface area contributed by atoms with Crippen molar-refractivity contribution in [2.45, 2.75) is 56.9 Å². The molecule has 2 saturated heterocycles. The lowest BCUT2D eigenvalue weighted by atomic mass is 9.87. The van der Waals surface area contributed by atoms with Crippen LogP contribution < -0.4 is 0 Å². The van der Waals surface area contributed by atoms with Gasteiger partial charge >= 0.3 is 0 Å². The molecular weight excluding hydrogens is 248 g/mol. The van der Waals surface area contributed by atoms with E-state index in [-0.39, 0.29) is 24.9 Å². The Morgan fingerprint density at radius 1 is 1.37 bits per heavy atom. The Kier molecular flexibility index (Phi) is 4.32. The van der Waals surface area contributed by atoms with Crippen molar-refractivity contribution in [3.8, 4) is 0 Å². The van der Waals surface area contributed by atoms with E-state index in [2.05, 4.69) is 6.58 Å². The van der Waals surface area contributed by atoms with E-state index in [1.807, 2.05) is 20.8 Å². The van der Waals surface area contributed by atoms with Crippen molar-refractivity contribution in [1.29, 1.82) is 0 Å². The first kappa shape index (κ1) is 14.9. The van der Waals surface area contributed by atoms with Gasteiger partial charge in [0.25, 0.3) is 0 Å². The van der Waals surface area contributed by atoms with Crippen molar-refractivity contribution >= 4 is 0 Å². The zero-order valence-electron chi connectivity index (χ0n) is 11.9. The molecule has 5 heteroatoms. The molecule has 0 spiro atoms. The van der Waals surface area contributed by atoms with Gasteiger partial charge in [0.15, 0.2) is 5.79 Å². The molecule has 0 bridgehead atoms. The van der Waals surface area contributed by atoms with E-state index in [9.17, 15) is 5.11 Å². The van der Waals surface area contributed by atoms with Crippen LogP contribution in [0, 0.1) is 0 Å². The highest BCUT2D eigenvalue weighted by Gasteiger charge is 2.52. The molecule has 0 radical (unpaired) electrons. The Morgan fingerprint density at radius 2 is 2.11 bits per heavy atom. The van der Waals surface area contributed by atoms with Gasteiger partial charge in [-0.3, -0.25) is 0 Å². The molecule has 2 rings (SSSR count). The van der Waals surface area contributed by atoms with Crippen LogP contribution in [0.15, 0.2) is 12.7 Å². The van der Waals surface area contributed by atoms with Gasteiger partial charge in [0.1, 0.15) is 11.7 Å². The highest BCUT2D eigenvalue weighted by molar-refractivity contribution is 4.98. The lowest BCUT2D eigenvalue weighted by Crippen LogP contribution is -2.64. The van der Waals surface area contributed by atoms with Crippen LogP contribution in [0.3, 0.4) is 0 Å². The van der Waals surface area contributed by atoms with E-state index in [1.165, 1.54) is 0 Å². The van der Waals surface area contributed by atoms with Crippen molar-refractivity contribution in [2.24, 2.45) is 0 Å². The van der Waals surface area contributed by atoms with E-state index < -0.39 is 11.4 Å². The molecule has 0 aromatic carbocycles. The molecule has 0 saturated carbocycles. The molecule has 0 unspecified atom stereocenters. The Bertz CT molecular complexity index is 330. The normalized spacial score (nSPS) is 41.6. The molecule has 2 heterocycles. The second-order valence-electron chi connectivity index (χ2n) is 5.84. The average molecular weight is 272 g/mol. The van der Waals surface area contributed by atoms with Crippen LogP contribution in [-0.4, -0.2) is 54.6 Å². The molecular formula is C14H24O5. The van der Waals surface area contributed by atoms with E-state index in [0.717, 1.165) is 0 Å². The van der Waals surface area contributed by atoms with E-state index in [0.29, 0.717) is 19.6 Å². The third kappa shape index (κ3) is 3.17. The minimum atomic E-state index is -0.609. The first-order valence-corrected chi connectivity index (χ1v) is 6.73. The summed E-state index contributed by atoms with van der Waals surface area (Å²) in [6.07, 6.45) is 1.73. The zero-order chi connectivity index (χ0) is 14.1. The Labute approximate surface area is 114 Å². The summed E-state index contributed by atoms with van der Waals surface area (Å²) in [7, 11) is 0. The number of fused-ring (bicyclic) bond motifs is 1. The second-order valence-corrected chi connectivity index (χ2v) is 5.84. The number of hydrogen-bond donors (Lipinski definition) is 1. The smallest absolute Gasteiger partial charge is 0.163 e. The fourth-order valence-corrected chi connectivity index (χ4v) is 2.62. The van der Waals surface area contributed by atoms with E-state index in [1.54, 1.807) is 6.08 Å². The standard InChI is InChI=1S/C14H24O5/c1-5-6-16-10-7-12-14(4,18-11(10)8-15)9-17-13(2,3)19-12/h5,10-12,15H,1,6-9H2,2-4H3/t10-,11+,12+,14-/m0/s1. The van der Waals surface area contributed by atoms with Gasteiger partial charge in [0.2, 0.25) is 0 Å². The lowest BCUT2D eigenvalue weighted by molar-refractivity contribution is -0.369. The molecule has 19 heavy (non-hydrogen) atoms. The zero-order valence-corrected chi connectivity index (χ0v) is 11.9. The summed E-state index contributed by atoms with van der Waals surface area (Å²) in [6.45, 7) is 10.2. The molecule has 5 nitrogen and oxygen atoms in total. The van der Waals surface area contributed by atoms with Gasteiger partial charge in [-0.25, -0.2) is 0 Å². The van der Waals surface area contributed by atoms with Crippen LogP contribution in [0.4, 0.5) is 0 Å². The third-order valence-corrected chi connectivity index (χ3v) is 3.70. The van der Waals surface area contributed by atoms with Crippen molar-refractivity contribution < 1.29 is 24.1 Å². The number of ether oxygens (including phenoxy) is 4. The lowest BCUT2D eigenvalue weighted by Gasteiger charge is -2.53. The highest BCUT2D eigenvalue weighted by Crippen LogP contribution is 2.39. The van der Waals surface area contributed by atoms with E-state index in [4.69, 9.17) is 18.9 Å². The summed E-state index contributed by atoms with van der Waals surface area (Å²) in [4.78, 5) is 0. The summed E-state index contributed by atoms with van der Waals surface area (Å²) in [5.74, 6) is -0.609. The maximum absolute atomic E-state index is 9.46. The first-order valence-electron chi connectivity index (χ1n) is 6.73. The molecule has 2 fully saturated rings. The Balaban J connectivity index is 2.09. The van der Waals surface area contributed by atoms with E-state index >= 15 is 0 Å². The predicted octanol–water partition coefficient (Wildman–Crippen LogP) is 1.25. The molecule has 2 aliphatic heterocycles. The maximum Gasteiger partial charge on any atom is 0.163 e. The number of rotatable bonds is 4. The molecule has 1 N–H and O–H groups in total. The highest BCUT2D eigenvalue weighted by atomic mass is 16.7. The summed E-state index contributed by atoms with van der Waals surface area (Å²) < 4.78 is 23.3. The van der Waals surface area contributed by atoms with Crippen LogP contribution in [0.2, 0.25) is 0 Å². The molecule has 0 aliphatic carbocycles. The second kappa shape index (κ2) is 5.50. The maximum atomic E-state index is 9.46. The summed E-state index contributed by atoms with van der Waals surface area (Å²) in [6, 6.07) is 0. The molecule has 0 amide bonds. The first-order chi connectivity index (χ1) is 8.90. The number of aliphatic hydroxyl groups is 1. The number of hydrogen-bond acceptors (Lipinski definition) is 5. The monoisotopic (exact) mass is 272 g/mol. The third-order valence-electron chi connectivity index (χ3n) is 3.70. The van der Waals surface area contributed by atoms with Crippen molar-refractivity contribution in [3.05, 3.63) is 12.7 Å². The quantitative estimate of drug-likeness (QED) is 0.781. The summed E-state index contributed by atoms with van der Waals surface area (Å²) in [5, 5.41) is 9.46. The fraction of sp³-hybridized carbons (Fsp3) is 0.857. The minimum Gasteiger partial charge on any atom is -0.394 e. The number of aliphatic hydroxyl groups excluding tert-OH is 1. The SMILES string of the molecule is C=CCO[C@H]1C[C@H]2OC(C)(C)OC[C@]2(C)O[C@@H]1CO. The Hall–Kier alpha value is -0.460. The van der Waals surface area contributed by atoms with Crippen LogP contribution in [0.5, 0.6) is 0 Å². The van der Waals surface area contributed by atoms with Crippen LogP contribution in [-0.2, 0) is 18.9 Å². The van der Waals surface area contributed by atoms with Gasteiger partial charge in [-0.15, -0.1) is 6.58 Å². The van der Waals surface area contributed by atoms with Crippen LogP contribution in [0.1, 0.15) is 27.2 Å². The summed E-state index contributed by atoms with van der Waals surface area (Å²) >= 11 is 0. The predicted molar refractivity (Wildman–Crippen MR) is 69.8 cm³/mol. The molecule has 0 aromatic rings. The molecule has 4 atom stereocenters. The molecule has 2 aliphatic rings. The van der Waals surface area contributed by atoms with Crippen LogP contribution >= 0.6 is 0 Å². The van der Waals surface area contributed by atoms with Crippen molar-refractivity contribution in [3.63, 3.8) is 0 Å². The molecule has 0 aromatic heterocycles. The topological polar surface area (TPSA) is 57.2 Å². The Morgan fingerprint density at radius 3 is 2.74 bits per heavy atom. The van der Waals surface area contributed by atoms with Gasteiger partial charge in [-0.1, -0.05) is 6.08 Å². The van der Waals surface area contributed by atoms with Gasteiger partial charge in [0.05, 0.1) is 32.0 Å². The summed E-state index contributed by atoms with van der Waals surface area (Å²) in [5.41, 5.74) is -0.531. The molecule has 110 valence electrons. The van der Waals surface area contributed by atoms with Gasteiger partial charge < -0.3 is 24.1 Å². The van der Waals surface area contributed by atoms with Gasteiger partial charge in [-0.2, -0.15) is 0 Å².